The first kappa shape index (κ1) is 65.6. The summed E-state index contributed by atoms with van der Waals surface area (Å²) in [4.78, 5) is 0. The Balaban J connectivity index is 0.000000135. The Morgan fingerprint density at radius 3 is 1.03 bits per heavy atom. The minimum Gasteiger partial charge on any atom is -0.309 e. The van der Waals surface area contributed by atoms with Crippen LogP contribution >= 0.6 is 0 Å². The van der Waals surface area contributed by atoms with E-state index in [1.54, 1.807) is 0 Å². The fraction of sp³-hybridized carbons (Fsp3) is 0.0545. The van der Waals surface area contributed by atoms with Gasteiger partial charge in [-0.1, -0.05) is 301 Å². The zero-order valence-corrected chi connectivity index (χ0v) is 63.7. The Kier molecular flexibility index (Phi) is 14.4. The van der Waals surface area contributed by atoms with Crippen LogP contribution in [0.15, 0.2) is 388 Å². The maximum absolute atomic E-state index is 2.53. The molecule has 4 aromatic heterocycles. The molecule has 4 nitrogen and oxygen atoms in total. The molecule has 0 atom stereocenters. The van der Waals surface area contributed by atoms with E-state index >= 15 is 0 Å². The van der Waals surface area contributed by atoms with E-state index in [1.807, 2.05) is 0 Å². The molecule has 22 aromatic rings. The predicted molar refractivity (Wildman–Crippen MR) is 482 cm³/mol. The van der Waals surface area contributed by atoms with Gasteiger partial charge in [0.05, 0.1) is 44.1 Å². The highest BCUT2D eigenvalue weighted by atomic mass is 15.0. The lowest BCUT2D eigenvalue weighted by Gasteiger charge is -2.23. The van der Waals surface area contributed by atoms with Gasteiger partial charge in [-0.25, -0.2) is 0 Å². The second-order valence-corrected chi connectivity index (χ2v) is 32.3. The monoisotopic (exact) mass is 1450 g/mol. The van der Waals surface area contributed by atoms with Crippen molar-refractivity contribution in [1.82, 2.24) is 18.3 Å². The van der Waals surface area contributed by atoms with Gasteiger partial charge in [-0.05, 0) is 226 Å². The average molecular weight is 1450 g/mol. The van der Waals surface area contributed by atoms with Crippen LogP contribution in [0.4, 0.5) is 0 Å². The van der Waals surface area contributed by atoms with Gasteiger partial charge in [0, 0.05) is 76.7 Å². The van der Waals surface area contributed by atoms with Crippen molar-refractivity contribution in [2.45, 2.75) is 38.5 Å². The number of nitrogens with zero attached hydrogens (tertiary/aromatic N) is 4. The number of rotatable bonds is 8. The molecule has 24 rings (SSSR count). The number of para-hydroxylation sites is 2. The summed E-state index contributed by atoms with van der Waals surface area (Å²) in [5, 5.41) is 15.2. The third-order valence-corrected chi connectivity index (χ3v) is 25.4. The highest BCUT2D eigenvalue weighted by molar-refractivity contribution is 6.18. The maximum Gasteiger partial charge on any atom is 0.0588 e. The summed E-state index contributed by atoms with van der Waals surface area (Å²) in [6, 6.07) is 144. The van der Waals surface area contributed by atoms with Crippen molar-refractivity contribution in [3.8, 4) is 89.5 Å². The van der Waals surface area contributed by atoms with Crippen molar-refractivity contribution < 1.29 is 0 Å². The van der Waals surface area contributed by atoms with Crippen molar-refractivity contribution in [1.29, 1.82) is 0 Å². The lowest BCUT2D eigenvalue weighted by molar-refractivity contribution is 0.664. The van der Waals surface area contributed by atoms with Gasteiger partial charge in [0.1, 0.15) is 0 Å². The van der Waals surface area contributed by atoms with Crippen molar-refractivity contribution in [2.75, 3.05) is 0 Å². The van der Waals surface area contributed by atoms with Gasteiger partial charge in [0.2, 0.25) is 0 Å². The Hall–Kier alpha value is -14.3. The van der Waals surface area contributed by atoms with Crippen LogP contribution in [0.25, 0.3) is 198 Å². The number of aromatic nitrogens is 4. The van der Waals surface area contributed by atoms with E-state index in [9.17, 15) is 0 Å². The highest BCUT2D eigenvalue weighted by Gasteiger charge is 2.40. The van der Waals surface area contributed by atoms with Crippen LogP contribution in [0.3, 0.4) is 0 Å². The van der Waals surface area contributed by atoms with E-state index in [1.165, 1.54) is 209 Å². The van der Waals surface area contributed by atoms with E-state index in [2.05, 4.69) is 434 Å². The largest absolute Gasteiger partial charge is 0.309 e. The Morgan fingerprint density at radius 1 is 0.184 bits per heavy atom. The van der Waals surface area contributed by atoms with E-state index in [0.29, 0.717) is 0 Å². The zero-order chi connectivity index (χ0) is 75.7. The fourth-order valence-corrected chi connectivity index (χ4v) is 20.0. The standard InChI is InChI=1S/2C55H38N2/c1-55(2)49-18-10-8-16-43(49)45-28-29-46-48-34-40(24-31-52(48)57(54(46)53(45)55)42-27-22-36-14-6-7-15-38(36)32-42)39-23-30-51-47(33-39)44-17-9-11-19-50(44)56(51)41-25-20-37(21-26-41)35-12-4-3-5-13-35;1-55(2)48-18-10-8-16-43(48)45-28-31-52-53(54(45)55)47-34-40(24-30-51(47)57(52)42-27-22-36-14-6-7-15-38(36)32-42)39-23-29-50-46(33-39)44-17-9-11-19-49(44)56(50)41-25-20-37(21-26-41)35-12-4-3-5-13-35/h2*3-34H,1-2H3. The van der Waals surface area contributed by atoms with Crippen LogP contribution in [-0.4, -0.2) is 18.3 Å². The third-order valence-electron chi connectivity index (χ3n) is 25.4. The van der Waals surface area contributed by atoms with Gasteiger partial charge in [-0.15, -0.1) is 0 Å². The molecule has 0 bridgehead atoms. The van der Waals surface area contributed by atoms with Crippen LogP contribution in [0.2, 0.25) is 0 Å². The van der Waals surface area contributed by atoms with E-state index in [4.69, 9.17) is 0 Å². The van der Waals surface area contributed by atoms with Crippen LogP contribution in [0.5, 0.6) is 0 Å². The van der Waals surface area contributed by atoms with Gasteiger partial charge < -0.3 is 18.3 Å². The average Bonchev–Trinajstić information content (AvgIpc) is 1.54. The first-order chi connectivity index (χ1) is 56.1. The maximum atomic E-state index is 2.53. The van der Waals surface area contributed by atoms with Crippen molar-refractivity contribution in [2.24, 2.45) is 0 Å². The second-order valence-electron chi connectivity index (χ2n) is 32.3. The van der Waals surface area contributed by atoms with E-state index in [-0.39, 0.29) is 10.8 Å². The summed E-state index contributed by atoms with van der Waals surface area (Å²) in [5.74, 6) is 0. The van der Waals surface area contributed by atoms with Crippen LogP contribution in [0.1, 0.15) is 49.9 Å². The third kappa shape index (κ3) is 9.90. The highest BCUT2D eigenvalue weighted by Crippen LogP contribution is 2.56. The number of fused-ring (bicyclic) bond motifs is 22. The van der Waals surface area contributed by atoms with Gasteiger partial charge in [-0.2, -0.15) is 0 Å². The molecule has 114 heavy (non-hydrogen) atoms. The topological polar surface area (TPSA) is 19.7 Å². The Bertz CT molecular complexity index is 7740. The Labute approximate surface area is 661 Å². The summed E-state index contributed by atoms with van der Waals surface area (Å²) in [7, 11) is 0. The minimum atomic E-state index is -0.154. The van der Waals surface area contributed by atoms with Crippen molar-refractivity contribution >= 4 is 109 Å². The number of hydrogen-bond acceptors (Lipinski definition) is 0. The second kappa shape index (κ2) is 25.1. The lowest BCUT2D eigenvalue weighted by Crippen LogP contribution is -2.16. The molecule has 0 spiro atoms. The van der Waals surface area contributed by atoms with Crippen LogP contribution in [0, 0.1) is 0 Å². The smallest absolute Gasteiger partial charge is 0.0588 e. The quantitative estimate of drug-likeness (QED) is 0.144. The van der Waals surface area contributed by atoms with E-state index in [0.717, 1.165) is 11.4 Å². The number of hydrogen-bond donors (Lipinski definition) is 0. The summed E-state index contributed by atoms with van der Waals surface area (Å²) in [5.41, 5.74) is 35.0. The molecular formula is C110H76N4. The molecule has 0 unspecified atom stereocenters. The molecular weight excluding hydrogens is 1380 g/mol. The zero-order valence-electron chi connectivity index (χ0n) is 63.7. The van der Waals surface area contributed by atoms with E-state index < -0.39 is 0 Å². The molecule has 4 heterocycles. The van der Waals surface area contributed by atoms with Crippen LogP contribution in [-0.2, 0) is 10.8 Å². The summed E-state index contributed by atoms with van der Waals surface area (Å²) >= 11 is 0. The molecule has 0 amide bonds. The molecule has 18 aromatic carbocycles. The SMILES string of the molecule is CC1(C)c2ccccc2-c2ccc3c(c21)c1cc(-c2ccc4c(c2)c2ccccc2n4-c2ccc(-c4ccccc4)cc2)ccc1n3-c1ccc2ccccc2c1.CC1(C)c2ccccc2-c2ccc3c4cc(-c5ccc6c(c5)c5ccccc5n6-c5ccc(-c6ccccc6)cc5)ccc4n(-c4ccc5ccccc5c4)c3c21. The first-order valence-electron chi connectivity index (χ1n) is 39.9. The predicted octanol–water partition coefficient (Wildman–Crippen LogP) is 29.3. The first-order valence-corrected chi connectivity index (χ1v) is 39.9. The normalized spacial score (nSPS) is 13.2. The summed E-state index contributed by atoms with van der Waals surface area (Å²) in [6.07, 6.45) is 0. The molecule has 2 aliphatic carbocycles. The molecule has 0 fully saturated rings. The minimum absolute atomic E-state index is 0.149. The van der Waals surface area contributed by atoms with Gasteiger partial charge in [-0.3, -0.25) is 0 Å². The van der Waals surface area contributed by atoms with Crippen LogP contribution < -0.4 is 0 Å². The van der Waals surface area contributed by atoms with Crippen molar-refractivity contribution in [3.63, 3.8) is 0 Å². The van der Waals surface area contributed by atoms with Gasteiger partial charge in [0.15, 0.2) is 0 Å². The molecule has 0 radical (unpaired) electrons. The number of benzene rings is 18. The molecule has 2 aliphatic rings. The molecule has 0 N–H and O–H groups in total. The fourth-order valence-electron chi connectivity index (χ4n) is 20.0. The molecule has 0 aliphatic heterocycles. The Morgan fingerprint density at radius 2 is 0.518 bits per heavy atom. The lowest BCUT2D eigenvalue weighted by atomic mass is 9.80. The van der Waals surface area contributed by atoms with Gasteiger partial charge in [0.25, 0.3) is 0 Å². The molecule has 4 heteroatoms. The molecule has 0 saturated heterocycles. The molecule has 0 saturated carbocycles. The molecule has 536 valence electrons. The summed E-state index contributed by atoms with van der Waals surface area (Å²) < 4.78 is 9.84. The van der Waals surface area contributed by atoms with Crippen molar-refractivity contribution in [3.05, 3.63) is 411 Å². The van der Waals surface area contributed by atoms with Gasteiger partial charge >= 0.3 is 0 Å². The summed E-state index contributed by atoms with van der Waals surface area (Å²) in [6.45, 7) is 9.60.